The second-order valence-electron chi connectivity index (χ2n) is 14.9. The molecule has 2 amide bonds. The minimum atomic E-state index is -1.92. The topological polar surface area (TPSA) is 371 Å². The lowest BCUT2D eigenvalue weighted by Crippen LogP contribution is -2.54. The van der Waals surface area contributed by atoms with Crippen molar-refractivity contribution in [1.29, 1.82) is 0 Å². The molecule has 344 valence electrons. The number of amides is 2. The maximum atomic E-state index is 13.1. The molecule has 8 unspecified atom stereocenters. The van der Waals surface area contributed by atoms with Gasteiger partial charge in [-0.3, -0.25) is 24.8 Å². The van der Waals surface area contributed by atoms with Crippen molar-refractivity contribution in [3.63, 3.8) is 0 Å². The summed E-state index contributed by atoms with van der Waals surface area (Å²) in [7, 11) is 1.55. The molecule has 0 aliphatic rings. The highest BCUT2D eigenvalue weighted by atomic mass is 35.5. The van der Waals surface area contributed by atoms with E-state index in [2.05, 4.69) is 20.3 Å². The maximum absolute atomic E-state index is 13.1. The van der Waals surface area contributed by atoms with Gasteiger partial charge in [-0.2, -0.15) is 0 Å². The lowest BCUT2D eigenvalue weighted by molar-refractivity contribution is -0.133. The lowest BCUT2D eigenvalue weighted by Gasteiger charge is -2.34. The Morgan fingerprint density at radius 2 is 1.19 bits per heavy atom. The third-order valence-corrected chi connectivity index (χ3v) is 10.4. The van der Waals surface area contributed by atoms with Crippen molar-refractivity contribution in [2.75, 3.05) is 64.5 Å². The van der Waals surface area contributed by atoms with Crippen LogP contribution < -0.4 is 22.5 Å². The molecule has 17 N–H and O–H groups in total. The number of nitrogen functional groups attached to an aromatic ring is 2. The number of carbonyl (C=O) groups excluding carboxylic acids is 2. The van der Waals surface area contributed by atoms with Crippen LogP contribution in [0.25, 0.3) is 11.1 Å². The highest BCUT2D eigenvalue weighted by Gasteiger charge is 2.34. The van der Waals surface area contributed by atoms with Crippen LogP contribution in [0.4, 0.5) is 11.6 Å². The summed E-state index contributed by atoms with van der Waals surface area (Å²) < 4.78 is 0. The van der Waals surface area contributed by atoms with E-state index in [4.69, 9.17) is 39.0 Å². The summed E-state index contributed by atoms with van der Waals surface area (Å²) in [5, 5.41) is 102. The molecule has 0 aliphatic heterocycles. The van der Waals surface area contributed by atoms with Crippen LogP contribution in [0.3, 0.4) is 0 Å². The van der Waals surface area contributed by atoms with Gasteiger partial charge in [0.1, 0.15) is 36.6 Å². The number of aliphatic hydroxyl groups is 10. The minimum absolute atomic E-state index is 0.0262. The Morgan fingerprint density at radius 1 is 0.710 bits per heavy atom. The van der Waals surface area contributed by atoms with Crippen LogP contribution in [0, 0.1) is 0 Å². The van der Waals surface area contributed by atoms with Crippen LogP contribution in [0.1, 0.15) is 40.9 Å². The number of benzene rings is 2. The van der Waals surface area contributed by atoms with Crippen molar-refractivity contribution >= 4 is 41.0 Å². The fourth-order valence-corrected chi connectivity index (χ4v) is 6.31. The monoisotopic (exact) mass is 893 g/mol. The second-order valence-corrected chi connectivity index (χ2v) is 15.2. The SMILES string of the molecule is CN(CCN(CC(O)C(O)C(O)C(O)CO)CC(O)C(O)C(O)C(O)CO)C(=O)CCc1ccc(-c2ccc(CCCCN=C(N)NC(=O)c3nc(Cl)c(N)nc3N)cc2)cc1. The van der Waals surface area contributed by atoms with Gasteiger partial charge in [-0.05, 0) is 47.9 Å². The second kappa shape index (κ2) is 25.5. The van der Waals surface area contributed by atoms with Gasteiger partial charge < -0.3 is 73.2 Å². The molecule has 3 rings (SSSR count). The summed E-state index contributed by atoms with van der Waals surface area (Å²) >= 11 is 5.83. The van der Waals surface area contributed by atoms with E-state index in [1.165, 1.54) is 9.80 Å². The number of anilines is 2. The predicted molar refractivity (Wildman–Crippen MR) is 229 cm³/mol. The van der Waals surface area contributed by atoms with Crippen molar-refractivity contribution in [2.45, 2.75) is 80.9 Å². The number of likely N-dealkylation sites (N-methyl/N-ethyl adjacent to an activating group) is 1. The molecule has 3 aromatic rings. The number of nitrogens with zero attached hydrogens (tertiary/aromatic N) is 5. The number of halogens is 1. The summed E-state index contributed by atoms with van der Waals surface area (Å²) in [6.07, 6.45) is -11.7. The number of aliphatic hydroxyl groups excluding tert-OH is 10. The molecule has 8 atom stereocenters. The number of nitrogens with one attached hydrogen (secondary N) is 1. The molecule has 0 spiro atoms. The van der Waals surface area contributed by atoms with Gasteiger partial charge in [0.05, 0.1) is 25.4 Å². The van der Waals surface area contributed by atoms with Crippen LogP contribution in [0.5, 0.6) is 0 Å². The molecular weight excluding hydrogens is 834 g/mol. The van der Waals surface area contributed by atoms with Gasteiger partial charge in [-0.25, -0.2) is 9.97 Å². The smallest absolute Gasteiger partial charge is 0.280 e. The molecule has 0 radical (unpaired) electrons. The van der Waals surface area contributed by atoms with Crippen LogP contribution in [0.2, 0.25) is 5.15 Å². The number of rotatable bonds is 25. The Bertz CT molecular complexity index is 1850. The lowest BCUT2D eigenvalue weighted by atomic mass is 9.99. The fraction of sp³-hybridized carbons (Fsp3) is 0.525. The third kappa shape index (κ3) is 15.9. The van der Waals surface area contributed by atoms with Crippen LogP contribution in [0.15, 0.2) is 53.5 Å². The average molecular weight is 894 g/mol. The van der Waals surface area contributed by atoms with Gasteiger partial charge in [-0.1, -0.05) is 60.1 Å². The first kappa shape index (κ1) is 51.7. The third-order valence-electron chi connectivity index (χ3n) is 10.1. The Balaban J connectivity index is 1.47. The molecule has 0 fully saturated rings. The molecule has 2 aromatic carbocycles. The number of hydrogen-bond acceptors (Lipinski definition) is 18. The van der Waals surface area contributed by atoms with E-state index in [9.17, 15) is 50.4 Å². The molecule has 62 heavy (non-hydrogen) atoms. The van der Waals surface area contributed by atoms with E-state index in [-0.39, 0.29) is 53.9 Å². The number of nitrogens with two attached hydrogens (primary N) is 3. The van der Waals surface area contributed by atoms with Crippen molar-refractivity contribution < 1.29 is 60.7 Å². The zero-order valence-corrected chi connectivity index (χ0v) is 35.1. The van der Waals surface area contributed by atoms with Crippen LogP contribution >= 0.6 is 11.6 Å². The molecule has 1 heterocycles. The zero-order chi connectivity index (χ0) is 46.1. The zero-order valence-electron chi connectivity index (χ0n) is 34.4. The molecule has 0 saturated heterocycles. The largest absolute Gasteiger partial charge is 0.394 e. The van der Waals surface area contributed by atoms with E-state index >= 15 is 0 Å². The fourth-order valence-electron chi connectivity index (χ4n) is 6.18. The summed E-state index contributed by atoms with van der Waals surface area (Å²) in [5.74, 6) is -1.32. The Hall–Kier alpha value is -4.62. The highest BCUT2D eigenvalue weighted by Crippen LogP contribution is 2.22. The van der Waals surface area contributed by atoms with Gasteiger partial charge >= 0.3 is 0 Å². The molecule has 0 bridgehead atoms. The first-order valence-electron chi connectivity index (χ1n) is 19.9. The van der Waals surface area contributed by atoms with Crippen molar-refractivity contribution in [1.82, 2.24) is 25.1 Å². The van der Waals surface area contributed by atoms with Crippen molar-refractivity contribution in [3.8, 4) is 11.1 Å². The Morgan fingerprint density at radius 3 is 1.69 bits per heavy atom. The number of guanidine groups is 1. The predicted octanol–water partition coefficient (Wildman–Crippen LogP) is -3.41. The number of aryl methyl sites for hydroxylation is 2. The number of unbranched alkanes of at least 4 members (excludes halogenated alkanes) is 1. The minimum Gasteiger partial charge on any atom is -0.394 e. The first-order chi connectivity index (χ1) is 29.4. The van der Waals surface area contributed by atoms with Gasteiger partial charge in [0.25, 0.3) is 5.91 Å². The molecular formula is C40H60ClN9O12. The van der Waals surface area contributed by atoms with Crippen molar-refractivity contribution in [2.24, 2.45) is 10.7 Å². The molecule has 0 saturated carbocycles. The summed E-state index contributed by atoms with van der Waals surface area (Å²) in [4.78, 5) is 40.0. The standard InChI is InChI=1S/C40H60ClN9O12/c1-49(16-17-50(18-26(53)32(58)34(60)28(55)20-51)19-27(54)33(59)35(61)29(56)21-52)30(57)14-9-23-7-12-25(13-8-23)24-10-5-22(6-11-24)4-2-3-15-45-40(44)48-39(62)31-37(42)47-38(43)36(41)46-31/h5-8,10-13,26-29,32-35,51-56,58-61H,2-4,9,14-21H2,1H3,(H4,42,43,47)(H3,44,45,48,62). The first-order valence-corrected chi connectivity index (χ1v) is 20.2. The molecule has 22 heteroatoms. The number of hydrogen-bond donors (Lipinski definition) is 14. The van der Waals surface area contributed by atoms with Gasteiger partial charge in [-0.15, -0.1) is 0 Å². The number of carbonyl (C=O) groups is 2. The number of aliphatic imine (C=N–C) groups is 1. The summed E-state index contributed by atoms with van der Waals surface area (Å²) in [6, 6.07) is 15.9. The van der Waals surface area contributed by atoms with Crippen LogP contribution in [-0.2, 0) is 17.6 Å². The van der Waals surface area contributed by atoms with E-state index in [1.807, 2.05) is 48.5 Å². The highest BCUT2D eigenvalue weighted by molar-refractivity contribution is 6.31. The summed E-state index contributed by atoms with van der Waals surface area (Å²) in [6.45, 7) is -2.25. The van der Waals surface area contributed by atoms with Gasteiger partial charge in [0.2, 0.25) is 5.91 Å². The Kier molecular flexibility index (Phi) is 21.3. The molecule has 0 aliphatic carbocycles. The molecule has 21 nitrogen and oxygen atoms in total. The average Bonchev–Trinajstić information content (AvgIpc) is 3.26. The maximum Gasteiger partial charge on any atom is 0.280 e. The van der Waals surface area contributed by atoms with Crippen molar-refractivity contribution in [3.05, 3.63) is 70.5 Å². The van der Waals surface area contributed by atoms with Gasteiger partial charge in [0, 0.05) is 46.2 Å². The Labute approximate surface area is 363 Å². The van der Waals surface area contributed by atoms with Crippen LogP contribution in [-0.4, -0.2) is 190 Å². The number of aromatic nitrogens is 2. The molecule has 1 aromatic heterocycles. The normalized spacial score (nSPS) is 15.9. The summed E-state index contributed by atoms with van der Waals surface area (Å²) in [5.41, 5.74) is 20.9. The van der Waals surface area contributed by atoms with E-state index in [1.54, 1.807) is 7.05 Å². The quantitative estimate of drug-likeness (QED) is 0.0224. The van der Waals surface area contributed by atoms with E-state index in [0.717, 1.165) is 35.1 Å². The van der Waals surface area contributed by atoms with E-state index in [0.29, 0.717) is 19.4 Å². The van der Waals surface area contributed by atoms with E-state index < -0.39 is 81.0 Å². The van der Waals surface area contributed by atoms with Gasteiger partial charge in [0.15, 0.2) is 28.4 Å².